The third-order valence-corrected chi connectivity index (χ3v) is 6.00. The van der Waals surface area contributed by atoms with E-state index in [9.17, 15) is 14.7 Å². The van der Waals surface area contributed by atoms with E-state index < -0.39 is 17.7 Å². The van der Waals surface area contributed by atoms with Crippen molar-refractivity contribution in [3.05, 3.63) is 92.4 Å². The molecule has 3 heterocycles. The number of hydrogen-bond donors (Lipinski definition) is 1. The molecule has 28 heavy (non-hydrogen) atoms. The lowest BCUT2D eigenvalue weighted by Gasteiger charge is -2.24. The van der Waals surface area contributed by atoms with Gasteiger partial charge >= 0.3 is 0 Å². The number of carbonyl (C=O) groups is 2. The van der Waals surface area contributed by atoms with Crippen LogP contribution in [-0.2, 0) is 16.1 Å². The van der Waals surface area contributed by atoms with Crippen molar-refractivity contribution in [2.24, 2.45) is 0 Å². The molecule has 5 nitrogen and oxygen atoms in total. The average Bonchev–Trinajstić information content (AvgIpc) is 3.32. The minimum Gasteiger partial charge on any atom is -0.507 e. The van der Waals surface area contributed by atoms with E-state index >= 15 is 0 Å². The zero-order valence-electron chi connectivity index (χ0n) is 14.6. The van der Waals surface area contributed by atoms with E-state index in [1.54, 1.807) is 42.7 Å². The van der Waals surface area contributed by atoms with Crippen LogP contribution in [0, 0.1) is 0 Å². The van der Waals surface area contributed by atoms with Gasteiger partial charge in [-0.2, -0.15) is 0 Å². The highest BCUT2D eigenvalue weighted by Gasteiger charge is 2.46. The third kappa shape index (κ3) is 3.39. The van der Waals surface area contributed by atoms with Crippen molar-refractivity contribution in [2.45, 2.75) is 12.6 Å². The summed E-state index contributed by atoms with van der Waals surface area (Å²) in [6.45, 7) is 0.234. The molecule has 2 aromatic heterocycles. The number of thiophene rings is 1. The van der Waals surface area contributed by atoms with Gasteiger partial charge in [-0.3, -0.25) is 14.6 Å². The Labute approximate surface area is 174 Å². The smallest absolute Gasteiger partial charge is 0.295 e. The maximum absolute atomic E-state index is 12.9. The summed E-state index contributed by atoms with van der Waals surface area (Å²) in [6.07, 6.45) is 3.32. The molecule has 1 aliphatic rings. The Hall–Kier alpha value is -2.77. The molecule has 0 aliphatic carbocycles. The molecule has 1 atom stereocenters. The van der Waals surface area contributed by atoms with Gasteiger partial charge in [0.25, 0.3) is 11.7 Å². The average molecular weight is 455 g/mol. The molecule has 1 saturated heterocycles. The molecule has 1 aliphatic heterocycles. The number of carbonyl (C=O) groups excluding carboxylic acids is 2. The van der Waals surface area contributed by atoms with Crippen molar-refractivity contribution < 1.29 is 14.7 Å². The first kappa shape index (κ1) is 18.6. The second-order valence-electron chi connectivity index (χ2n) is 6.31. The van der Waals surface area contributed by atoms with E-state index in [-0.39, 0.29) is 17.9 Å². The molecule has 7 heteroatoms. The van der Waals surface area contributed by atoms with Crippen molar-refractivity contribution in [2.75, 3.05) is 0 Å². The summed E-state index contributed by atoms with van der Waals surface area (Å²) in [7, 11) is 0. The number of amides is 1. The highest BCUT2D eigenvalue weighted by molar-refractivity contribution is 9.10. The Morgan fingerprint density at radius 2 is 1.93 bits per heavy atom. The number of Topliss-reactive ketones (excluding diaryl/α,β-unsaturated/α-hetero) is 1. The normalized spacial score (nSPS) is 18.6. The van der Waals surface area contributed by atoms with Crippen LogP contribution in [0.25, 0.3) is 5.76 Å². The fourth-order valence-corrected chi connectivity index (χ4v) is 4.35. The summed E-state index contributed by atoms with van der Waals surface area (Å²) in [5, 5.41) is 12.8. The third-order valence-electron chi connectivity index (χ3n) is 4.55. The summed E-state index contributed by atoms with van der Waals surface area (Å²) in [5.74, 6) is -1.47. The number of halogens is 1. The van der Waals surface area contributed by atoms with E-state index in [4.69, 9.17) is 0 Å². The van der Waals surface area contributed by atoms with E-state index in [1.165, 1.54) is 16.2 Å². The lowest BCUT2D eigenvalue weighted by Crippen LogP contribution is -2.28. The predicted octanol–water partition coefficient (Wildman–Crippen LogP) is 4.53. The molecule has 0 spiro atoms. The summed E-state index contributed by atoms with van der Waals surface area (Å²) in [4.78, 5) is 32.1. The Balaban J connectivity index is 1.83. The van der Waals surface area contributed by atoms with Gasteiger partial charge in [0.1, 0.15) is 5.76 Å². The lowest BCUT2D eigenvalue weighted by molar-refractivity contribution is -0.140. The minimum absolute atomic E-state index is 0.110. The van der Waals surface area contributed by atoms with Gasteiger partial charge in [-0.15, -0.1) is 11.3 Å². The van der Waals surface area contributed by atoms with Gasteiger partial charge < -0.3 is 10.0 Å². The quantitative estimate of drug-likeness (QED) is 0.357. The molecular formula is C21H15BrN2O3S. The van der Waals surface area contributed by atoms with Crippen molar-refractivity contribution in [3.8, 4) is 0 Å². The van der Waals surface area contributed by atoms with Crippen LogP contribution in [0.15, 0.2) is 76.4 Å². The molecule has 0 saturated carbocycles. The van der Waals surface area contributed by atoms with Gasteiger partial charge in [-0.05, 0) is 35.2 Å². The molecule has 140 valence electrons. The van der Waals surface area contributed by atoms with Crippen LogP contribution in [0.5, 0.6) is 0 Å². The van der Waals surface area contributed by atoms with E-state index in [0.29, 0.717) is 5.56 Å². The van der Waals surface area contributed by atoms with Gasteiger partial charge in [-0.1, -0.05) is 40.2 Å². The zero-order chi connectivity index (χ0) is 19.7. The Bertz CT molecular complexity index is 1050. The van der Waals surface area contributed by atoms with Gasteiger partial charge in [0, 0.05) is 33.9 Å². The van der Waals surface area contributed by atoms with E-state index in [0.717, 1.165) is 14.9 Å². The van der Waals surface area contributed by atoms with E-state index in [1.807, 2.05) is 23.6 Å². The summed E-state index contributed by atoms with van der Waals surface area (Å²) >= 11 is 4.80. The van der Waals surface area contributed by atoms with Crippen LogP contribution in [0.3, 0.4) is 0 Å². The molecule has 0 bridgehead atoms. The maximum atomic E-state index is 12.9. The number of ketones is 1. The zero-order valence-corrected chi connectivity index (χ0v) is 17.0. The Morgan fingerprint density at radius 3 is 2.57 bits per heavy atom. The molecule has 0 radical (unpaired) electrons. The van der Waals surface area contributed by atoms with E-state index in [2.05, 4.69) is 20.9 Å². The largest absolute Gasteiger partial charge is 0.507 e. The second-order valence-corrected chi connectivity index (χ2v) is 8.21. The van der Waals surface area contributed by atoms with Gasteiger partial charge in [-0.25, -0.2) is 0 Å². The van der Waals surface area contributed by atoms with Crippen LogP contribution in [-0.4, -0.2) is 26.7 Å². The second kappa shape index (κ2) is 7.69. The number of aromatic nitrogens is 1. The van der Waals surface area contributed by atoms with Gasteiger partial charge in [0.2, 0.25) is 0 Å². The molecule has 4 rings (SSSR count). The molecule has 1 aromatic carbocycles. The van der Waals surface area contributed by atoms with Crippen LogP contribution >= 0.6 is 27.3 Å². The number of hydrogen-bond acceptors (Lipinski definition) is 5. The molecule has 1 N–H and O–H groups in total. The fraction of sp³-hybridized carbons (Fsp3) is 0.0952. The molecule has 1 fully saturated rings. The highest BCUT2D eigenvalue weighted by atomic mass is 79.9. The predicted molar refractivity (Wildman–Crippen MR) is 111 cm³/mol. The Morgan fingerprint density at radius 1 is 1.14 bits per heavy atom. The van der Waals surface area contributed by atoms with Crippen molar-refractivity contribution >= 4 is 44.7 Å². The first-order chi connectivity index (χ1) is 13.6. The topological polar surface area (TPSA) is 70.5 Å². The number of aliphatic hydroxyl groups is 1. The number of nitrogens with zero attached hydrogens (tertiary/aromatic N) is 2. The molecule has 1 amide bonds. The number of likely N-dealkylation sites (tertiary alicyclic amines) is 1. The monoisotopic (exact) mass is 454 g/mol. The summed E-state index contributed by atoms with van der Waals surface area (Å²) < 4.78 is 0.857. The maximum Gasteiger partial charge on any atom is 0.295 e. The van der Waals surface area contributed by atoms with Crippen molar-refractivity contribution in [3.63, 3.8) is 0 Å². The SMILES string of the molecule is O=C1C(=O)N(Cc2cccnc2)C(c2cccs2)/C1=C(/O)c1ccc(Br)cc1. The van der Waals surface area contributed by atoms with Crippen molar-refractivity contribution in [1.82, 2.24) is 9.88 Å². The highest BCUT2D eigenvalue weighted by Crippen LogP contribution is 2.41. The van der Waals surface area contributed by atoms with Crippen LogP contribution < -0.4 is 0 Å². The summed E-state index contributed by atoms with van der Waals surface area (Å²) in [6, 6.07) is 13.7. The number of rotatable bonds is 4. The Kier molecular flexibility index (Phi) is 5.11. The minimum atomic E-state index is -0.678. The molecular weight excluding hydrogens is 440 g/mol. The lowest BCUT2D eigenvalue weighted by atomic mass is 10.00. The number of benzene rings is 1. The molecule has 3 aromatic rings. The fourth-order valence-electron chi connectivity index (χ4n) is 3.24. The van der Waals surface area contributed by atoms with Crippen LogP contribution in [0.1, 0.15) is 22.0 Å². The summed E-state index contributed by atoms with van der Waals surface area (Å²) in [5.41, 5.74) is 1.41. The van der Waals surface area contributed by atoms with Gasteiger partial charge in [0.05, 0.1) is 11.6 Å². The molecule has 1 unspecified atom stereocenters. The van der Waals surface area contributed by atoms with Crippen LogP contribution in [0.2, 0.25) is 0 Å². The number of pyridine rings is 1. The number of aliphatic hydroxyl groups excluding tert-OH is 1. The van der Waals surface area contributed by atoms with Gasteiger partial charge in [0.15, 0.2) is 0 Å². The van der Waals surface area contributed by atoms with Crippen LogP contribution in [0.4, 0.5) is 0 Å². The van der Waals surface area contributed by atoms with Crippen molar-refractivity contribution in [1.29, 1.82) is 0 Å². The first-order valence-corrected chi connectivity index (χ1v) is 10.2. The standard InChI is InChI=1S/C21H15BrN2O3S/c22-15-7-5-14(6-8-15)19(25)17-18(16-4-2-10-28-16)24(21(27)20(17)26)12-13-3-1-9-23-11-13/h1-11,18,25H,12H2/b19-17-. The first-order valence-electron chi connectivity index (χ1n) is 8.53.